The maximum absolute atomic E-state index is 13.0. The molecule has 5 heteroatoms. The van der Waals surface area contributed by atoms with E-state index in [4.69, 9.17) is 4.74 Å². The van der Waals surface area contributed by atoms with E-state index in [2.05, 4.69) is 4.98 Å². The van der Waals surface area contributed by atoms with E-state index in [0.29, 0.717) is 5.82 Å². The number of ether oxygens (including phenoxy) is 1. The van der Waals surface area contributed by atoms with Crippen molar-refractivity contribution in [3.63, 3.8) is 0 Å². The second kappa shape index (κ2) is 5.81. The molecule has 1 aromatic carbocycles. The number of pyridine rings is 2. The van der Waals surface area contributed by atoms with Gasteiger partial charge in [-0.3, -0.25) is 9.36 Å². The predicted molar refractivity (Wildman–Crippen MR) is 81.8 cm³/mol. The Labute approximate surface area is 126 Å². The average molecular weight is 296 g/mol. The zero-order chi connectivity index (χ0) is 15.5. The summed E-state index contributed by atoms with van der Waals surface area (Å²) in [4.78, 5) is 15.9. The van der Waals surface area contributed by atoms with Gasteiger partial charge in [0.25, 0.3) is 5.56 Å². The second-order valence-corrected chi connectivity index (χ2v) is 4.69. The van der Waals surface area contributed by atoms with Gasteiger partial charge in [0.05, 0.1) is 13.3 Å². The van der Waals surface area contributed by atoms with E-state index in [-0.39, 0.29) is 5.56 Å². The molecule has 22 heavy (non-hydrogen) atoms. The molecule has 0 bridgehead atoms. The predicted octanol–water partition coefficient (Wildman–Crippen LogP) is 3.05. The molecular weight excluding hydrogens is 283 g/mol. The fourth-order valence-electron chi connectivity index (χ4n) is 2.13. The molecule has 0 fully saturated rings. The highest BCUT2D eigenvalue weighted by atomic mass is 19.1. The van der Waals surface area contributed by atoms with Crippen molar-refractivity contribution in [2.75, 3.05) is 7.11 Å². The van der Waals surface area contributed by atoms with Crippen molar-refractivity contribution in [3.8, 4) is 22.7 Å². The third-order valence-corrected chi connectivity index (χ3v) is 3.29. The third kappa shape index (κ3) is 2.74. The molecule has 0 aliphatic rings. The van der Waals surface area contributed by atoms with Crippen molar-refractivity contribution >= 4 is 0 Å². The number of aromatic nitrogens is 2. The molecule has 3 rings (SSSR count). The topological polar surface area (TPSA) is 44.1 Å². The summed E-state index contributed by atoms with van der Waals surface area (Å²) >= 11 is 0. The number of halogens is 1. The van der Waals surface area contributed by atoms with Gasteiger partial charge in [-0.15, -0.1) is 0 Å². The van der Waals surface area contributed by atoms with Crippen LogP contribution in [-0.2, 0) is 0 Å². The van der Waals surface area contributed by atoms with Crippen molar-refractivity contribution < 1.29 is 9.13 Å². The Balaban J connectivity index is 2.05. The van der Waals surface area contributed by atoms with Gasteiger partial charge in [0.1, 0.15) is 17.4 Å². The van der Waals surface area contributed by atoms with Crippen LogP contribution in [0.2, 0.25) is 0 Å². The maximum Gasteiger partial charge on any atom is 0.256 e. The van der Waals surface area contributed by atoms with Gasteiger partial charge in [0.15, 0.2) is 0 Å². The molecule has 0 N–H and O–H groups in total. The minimum Gasteiger partial charge on any atom is -0.497 e. The van der Waals surface area contributed by atoms with E-state index in [1.807, 2.05) is 24.3 Å². The Kier molecular flexibility index (Phi) is 3.70. The first kappa shape index (κ1) is 14.0. The Morgan fingerprint density at radius 2 is 1.73 bits per heavy atom. The van der Waals surface area contributed by atoms with Crippen LogP contribution >= 0.6 is 0 Å². The summed E-state index contributed by atoms with van der Waals surface area (Å²) in [7, 11) is 1.61. The van der Waals surface area contributed by atoms with Crippen molar-refractivity contribution in [2.24, 2.45) is 0 Å². The van der Waals surface area contributed by atoms with Crippen molar-refractivity contribution in [2.45, 2.75) is 0 Å². The van der Waals surface area contributed by atoms with Crippen LogP contribution in [0, 0.1) is 5.82 Å². The van der Waals surface area contributed by atoms with E-state index in [9.17, 15) is 9.18 Å². The highest BCUT2D eigenvalue weighted by Crippen LogP contribution is 2.21. The van der Waals surface area contributed by atoms with Crippen LogP contribution < -0.4 is 10.3 Å². The van der Waals surface area contributed by atoms with Gasteiger partial charge in [-0.25, -0.2) is 9.37 Å². The van der Waals surface area contributed by atoms with E-state index < -0.39 is 5.82 Å². The van der Waals surface area contributed by atoms with Gasteiger partial charge < -0.3 is 4.74 Å². The first-order valence-corrected chi connectivity index (χ1v) is 6.66. The lowest BCUT2D eigenvalue weighted by Crippen LogP contribution is -2.17. The second-order valence-electron chi connectivity index (χ2n) is 4.69. The maximum atomic E-state index is 13.0. The van der Waals surface area contributed by atoms with E-state index in [0.717, 1.165) is 23.1 Å². The fourth-order valence-corrected chi connectivity index (χ4v) is 2.13. The van der Waals surface area contributed by atoms with Gasteiger partial charge in [-0.05, 0) is 41.5 Å². The largest absolute Gasteiger partial charge is 0.497 e. The van der Waals surface area contributed by atoms with E-state index in [1.54, 1.807) is 19.4 Å². The number of hydrogen-bond donors (Lipinski definition) is 0. The minimum absolute atomic E-state index is 0.226. The van der Waals surface area contributed by atoms with Gasteiger partial charge in [-0.2, -0.15) is 0 Å². The van der Waals surface area contributed by atoms with Gasteiger partial charge >= 0.3 is 0 Å². The Hall–Kier alpha value is -2.95. The lowest BCUT2D eigenvalue weighted by atomic mass is 10.1. The molecule has 0 unspecified atom stereocenters. The minimum atomic E-state index is -0.442. The molecule has 2 aromatic heterocycles. The summed E-state index contributed by atoms with van der Waals surface area (Å²) in [6, 6.07) is 13.4. The Morgan fingerprint density at radius 1 is 1.00 bits per heavy atom. The zero-order valence-electron chi connectivity index (χ0n) is 11.9. The SMILES string of the molecule is COc1ccc(-c2ccc(=O)n(-c3ccc(F)cn3)c2)cc1. The van der Waals surface area contributed by atoms with Crippen LogP contribution in [0.3, 0.4) is 0 Å². The molecule has 4 nitrogen and oxygen atoms in total. The van der Waals surface area contributed by atoms with Crippen LogP contribution in [0.4, 0.5) is 4.39 Å². The first-order valence-electron chi connectivity index (χ1n) is 6.66. The number of benzene rings is 1. The smallest absolute Gasteiger partial charge is 0.256 e. The quantitative estimate of drug-likeness (QED) is 0.746. The highest BCUT2D eigenvalue weighted by Gasteiger charge is 2.05. The summed E-state index contributed by atoms with van der Waals surface area (Å²) in [5.74, 6) is 0.696. The van der Waals surface area contributed by atoms with E-state index in [1.165, 1.54) is 22.8 Å². The third-order valence-electron chi connectivity index (χ3n) is 3.29. The molecule has 0 spiro atoms. The standard InChI is InChI=1S/C17H13FN2O2/c1-22-15-6-2-12(3-7-15)13-4-9-17(21)20(11-13)16-8-5-14(18)10-19-16/h2-11H,1H3. The van der Waals surface area contributed by atoms with Gasteiger partial charge in [0, 0.05) is 12.3 Å². The Bertz CT molecular complexity index is 840. The summed E-state index contributed by atoms with van der Waals surface area (Å²) < 4.78 is 19.5. The summed E-state index contributed by atoms with van der Waals surface area (Å²) in [6.07, 6.45) is 2.77. The number of hydrogen-bond acceptors (Lipinski definition) is 3. The summed E-state index contributed by atoms with van der Waals surface area (Å²) in [5, 5.41) is 0. The number of methoxy groups -OCH3 is 1. The van der Waals surface area contributed by atoms with Crippen LogP contribution in [-0.4, -0.2) is 16.7 Å². The average Bonchev–Trinajstić information content (AvgIpc) is 2.56. The van der Waals surface area contributed by atoms with Crippen molar-refractivity contribution in [1.29, 1.82) is 0 Å². The zero-order valence-corrected chi connectivity index (χ0v) is 11.9. The molecule has 110 valence electrons. The molecule has 3 aromatic rings. The fraction of sp³-hybridized carbons (Fsp3) is 0.0588. The lowest BCUT2D eigenvalue weighted by molar-refractivity contribution is 0.415. The molecule has 0 aliphatic carbocycles. The highest BCUT2D eigenvalue weighted by molar-refractivity contribution is 5.63. The molecule has 2 heterocycles. The summed E-state index contributed by atoms with van der Waals surface area (Å²) in [5.41, 5.74) is 1.57. The van der Waals surface area contributed by atoms with Crippen LogP contribution in [0.5, 0.6) is 5.75 Å². The molecule has 0 atom stereocenters. The molecule has 0 saturated heterocycles. The van der Waals surface area contributed by atoms with Crippen molar-refractivity contribution in [1.82, 2.24) is 9.55 Å². The monoisotopic (exact) mass is 296 g/mol. The molecule has 0 radical (unpaired) electrons. The molecule has 0 saturated carbocycles. The summed E-state index contributed by atoms with van der Waals surface area (Å²) in [6.45, 7) is 0. The van der Waals surface area contributed by atoms with E-state index >= 15 is 0 Å². The van der Waals surface area contributed by atoms with Crippen LogP contribution in [0.1, 0.15) is 0 Å². The van der Waals surface area contributed by atoms with Crippen LogP contribution in [0.25, 0.3) is 16.9 Å². The lowest BCUT2D eigenvalue weighted by Gasteiger charge is -2.08. The van der Waals surface area contributed by atoms with Gasteiger partial charge in [-0.1, -0.05) is 12.1 Å². The first-order chi connectivity index (χ1) is 10.7. The molecule has 0 amide bonds. The number of rotatable bonds is 3. The molecule has 0 aliphatic heterocycles. The Morgan fingerprint density at radius 3 is 2.36 bits per heavy atom. The van der Waals surface area contributed by atoms with Crippen molar-refractivity contribution in [3.05, 3.63) is 77.1 Å². The molecular formula is C17H13FN2O2. The normalized spacial score (nSPS) is 10.5. The van der Waals surface area contributed by atoms with Gasteiger partial charge in [0.2, 0.25) is 0 Å². The van der Waals surface area contributed by atoms with Crippen LogP contribution in [0.15, 0.2) is 65.7 Å². The number of nitrogens with zero attached hydrogens (tertiary/aromatic N) is 2.